The highest BCUT2D eigenvalue weighted by Gasteiger charge is 2.08. The van der Waals surface area contributed by atoms with Gasteiger partial charge in [0, 0.05) is 25.0 Å². The van der Waals surface area contributed by atoms with Crippen LogP contribution >= 0.6 is 0 Å². The maximum atomic E-state index is 4.53. The lowest BCUT2D eigenvalue weighted by atomic mass is 10.2. The Morgan fingerprint density at radius 1 is 1.28 bits per heavy atom. The van der Waals surface area contributed by atoms with Crippen molar-refractivity contribution in [3.8, 4) is 11.4 Å². The second-order valence-corrected chi connectivity index (χ2v) is 4.19. The summed E-state index contributed by atoms with van der Waals surface area (Å²) in [7, 11) is 0. The number of anilines is 1. The van der Waals surface area contributed by atoms with E-state index in [9.17, 15) is 0 Å². The van der Waals surface area contributed by atoms with Gasteiger partial charge in [-0.2, -0.15) is 5.10 Å². The van der Waals surface area contributed by atoms with Crippen LogP contribution in [0.3, 0.4) is 0 Å². The van der Waals surface area contributed by atoms with Crippen LogP contribution in [0.4, 0.5) is 5.95 Å². The summed E-state index contributed by atoms with van der Waals surface area (Å²) in [5, 5.41) is 7.47. The first-order valence-electron chi connectivity index (χ1n) is 6.36. The number of nitrogens with zero attached hydrogens (tertiary/aromatic N) is 4. The molecule has 0 atom stereocenters. The van der Waals surface area contributed by atoms with Gasteiger partial charge in [-0.3, -0.25) is 4.68 Å². The predicted molar refractivity (Wildman–Crippen MR) is 72.4 cm³/mol. The molecule has 2 aromatic rings. The number of aryl methyl sites for hydroxylation is 2. The quantitative estimate of drug-likeness (QED) is 0.879. The molecule has 96 valence electrons. The van der Waals surface area contributed by atoms with Gasteiger partial charge in [-0.25, -0.2) is 9.97 Å². The van der Waals surface area contributed by atoms with E-state index in [4.69, 9.17) is 0 Å². The van der Waals surface area contributed by atoms with E-state index in [0.29, 0.717) is 5.95 Å². The second-order valence-electron chi connectivity index (χ2n) is 4.19. The molecule has 2 aromatic heterocycles. The molecule has 5 heteroatoms. The minimum atomic E-state index is 0.678. The van der Waals surface area contributed by atoms with Crippen molar-refractivity contribution in [2.75, 3.05) is 11.9 Å². The number of nitrogens with one attached hydrogen (secondary N) is 1. The molecule has 0 bridgehead atoms. The van der Waals surface area contributed by atoms with E-state index in [-0.39, 0.29) is 0 Å². The fourth-order valence-corrected chi connectivity index (χ4v) is 1.88. The summed E-state index contributed by atoms with van der Waals surface area (Å²) in [4.78, 5) is 8.88. The molecule has 0 saturated carbocycles. The highest BCUT2D eigenvalue weighted by atomic mass is 15.3. The molecule has 1 N–H and O–H groups in total. The van der Waals surface area contributed by atoms with Gasteiger partial charge < -0.3 is 5.32 Å². The SMILES string of the molecule is CCCn1nccc1-c1cc(C)nc(NCC)n1. The highest BCUT2D eigenvalue weighted by molar-refractivity contribution is 5.56. The van der Waals surface area contributed by atoms with E-state index in [0.717, 1.165) is 36.6 Å². The zero-order valence-corrected chi connectivity index (χ0v) is 11.1. The normalized spacial score (nSPS) is 10.6. The Bertz CT molecular complexity index is 518. The molecular weight excluding hydrogens is 226 g/mol. The molecule has 0 aliphatic heterocycles. The molecule has 0 fully saturated rings. The summed E-state index contributed by atoms with van der Waals surface area (Å²) >= 11 is 0. The lowest BCUT2D eigenvalue weighted by Crippen LogP contribution is -2.06. The summed E-state index contributed by atoms with van der Waals surface area (Å²) in [5.41, 5.74) is 2.92. The van der Waals surface area contributed by atoms with Gasteiger partial charge in [0.05, 0.1) is 11.4 Å². The first-order valence-corrected chi connectivity index (χ1v) is 6.36. The summed E-state index contributed by atoms with van der Waals surface area (Å²) in [6.07, 6.45) is 2.87. The molecule has 2 rings (SSSR count). The first-order chi connectivity index (χ1) is 8.74. The van der Waals surface area contributed by atoms with Gasteiger partial charge in [0.25, 0.3) is 0 Å². The topological polar surface area (TPSA) is 55.6 Å². The maximum absolute atomic E-state index is 4.53. The van der Waals surface area contributed by atoms with Crippen molar-refractivity contribution in [2.24, 2.45) is 0 Å². The number of rotatable bonds is 5. The Kier molecular flexibility index (Phi) is 3.92. The lowest BCUT2D eigenvalue weighted by Gasteiger charge is -2.08. The summed E-state index contributed by atoms with van der Waals surface area (Å²) in [5.74, 6) is 0.678. The third kappa shape index (κ3) is 2.67. The molecular formula is C13H19N5. The number of hydrogen-bond acceptors (Lipinski definition) is 4. The third-order valence-electron chi connectivity index (χ3n) is 2.60. The molecule has 0 unspecified atom stereocenters. The molecule has 0 aliphatic carbocycles. The van der Waals surface area contributed by atoms with Gasteiger partial charge in [0.1, 0.15) is 0 Å². The molecule has 18 heavy (non-hydrogen) atoms. The monoisotopic (exact) mass is 245 g/mol. The van der Waals surface area contributed by atoms with E-state index >= 15 is 0 Å². The fraction of sp³-hybridized carbons (Fsp3) is 0.462. The van der Waals surface area contributed by atoms with Crippen LogP contribution in [-0.4, -0.2) is 26.3 Å². The van der Waals surface area contributed by atoms with Crippen LogP contribution in [0.2, 0.25) is 0 Å². The van der Waals surface area contributed by atoms with Gasteiger partial charge in [0.15, 0.2) is 0 Å². The van der Waals surface area contributed by atoms with Gasteiger partial charge in [-0.15, -0.1) is 0 Å². The van der Waals surface area contributed by atoms with E-state index in [1.807, 2.05) is 36.9 Å². The van der Waals surface area contributed by atoms with Gasteiger partial charge in [-0.05, 0) is 32.4 Å². The standard InChI is InChI=1S/C13H19N5/c1-4-8-18-12(6-7-15-18)11-9-10(3)16-13(17-11)14-5-2/h6-7,9H,4-5,8H2,1-3H3,(H,14,16,17). The van der Waals surface area contributed by atoms with Crippen LogP contribution < -0.4 is 5.32 Å². The third-order valence-corrected chi connectivity index (χ3v) is 2.60. The van der Waals surface area contributed by atoms with E-state index in [1.165, 1.54) is 0 Å². The van der Waals surface area contributed by atoms with E-state index in [1.54, 1.807) is 0 Å². The van der Waals surface area contributed by atoms with E-state index in [2.05, 4.69) is 27.3 Å². The molecule has 5 nitrogen and oxygen atoms in total. The Morgan fingerprint density at radius 2 is 2.11 bits per heavy atom. The molecule has 0 aromatic carbocycles. The molecule has 2 heterocycles. The van der Waals surface area contributed by atoms with Crippen molar-refractivity contribution in [3.05, 3.63) is 24.0 Å². The fourth-order valence-electron chi connectivity index (χ4n) is 1.88. The molecule has 0 aliphatic rings. The minimum Gasteiger partial charge on any atom is -0.354 e. The first kappa shape index (κ1) is 12.5. The average molecular weight is 245 g/mol. The summed E-state index contributed by atoms with van der Waals surface area (Å²) in [6.45, 7) is 7.87. The van der Waals surface area contributed by atoms with Crippen LogP contribution in [0.15, 0.2) is 18.3 Å². The molecule has 0 radical (unpaired) electrons. The summed E-state index contributed by atoms with van der Waals surface area (Å²) < 4.78 is 1.98. The van der Waals surface area contributed by atoms with Crippen LogP contribution in [-0.2, 0) is 6.54 Å². The zero-order chi connectivity index (χ0) is 13.0. The van der Waals surface area contributed by atoms with Gasteiger partial charge >= 0.3 is 0 Å². The zero-order valence-electron chi connectivity index (χ0n) is 11.1. The largest absolute Gasteiger partial charge is 0.354 e. The minimum absolute atomic E-state index is 0.678. The Balaban J connectivity index is 2.39. The Hall–Kier alpha value is -1.91. The molecule has 0 amide bonds. The Morgan fingerprint density at radius 3 is 2.83 bits per heavy atom. The lowest BCUT2D eigenvalue weighted by molar-refractivity contribution is 0.608. The summed E-state index contributed by atoms with van der Waals surface area (Å²) in [6, 6.07) is 3.98. The second kappa shape index (κ2) is 5.62. The molecule has 0 saturated heterocycles. The smallest absolute Gasteiger partial charge is 0.223 e. The van der Waals surface area contributed by atoms with Crippen molar-refractivity contribution in [1.29, 1.82) is 0 Å². The number of aromatic nitrogens is 4. The van der Waals surface area contributed by atoms with Crippen molar-refractivity contribution in [3.63, 3.8) is 0 Å². The van der Waals surface area contributed by atoms with E-state index < -0.39 is 0 Å². The maximum Gasteiger partial charge on any atom is 0.223 e. The van der Waals surface area contributed by atoms with Crippen LogP contribution in [0.1, 0.15) is 26.0 Å². The van der Waals surface area contributed by atoms with Crippen molar-refractivity contribution in [1.82, 2.24) is 19.7 Å². The average Bonchev–Trinajstić information content (AvgIpc) is 2.77. The van der Waals surface area contributed by atoms with Crippen LogP contribution in [0.5, 0.6) is 0 Å². The highest BCUT2D eigenvalue weighted by Crippen LogP contribution is 2.19. The molecule has 0 spiro atoms. The van der Waals surface area contributed by atoms with Crippen molar-refractivity contribution >= 4 is 5.95 Å². The predicted octanol–water partition coefficient (Wildman–Crippen LogP) is 2.49. The number of hydrogen-bond donors (Lipinski definition) is 1. The Labute approximate surface area is 107 Å². The van der Waals surface area contributed by atoms with Crippen LogP contribution in [0.25, 0.3) is 11.4 Å². The van der Waals surface area contributed by atoms with Crippen molar-refractivity contribution in [2.45, 2.75) is 33.7 Å². The van der Waals surface area contributed by atoms with Crippen LogP contribution in [0, 0.1) is 6.92 Å². The van der Waals surface area contributed by atoms with Gasteiger partial charge in [0.2, 0.25) is 5.95 Å². The van der Waals surface area contributed by atoms with Crippen molar-refractivity contribution < 1.29 is 0 Å². The van der Waals surface area contributed by atoms with Gasteiger partial charge in [-0.1, -0.05) is 6.92 Å².